The fourth-order valence-electron chi connectivity index (χ4n) is 3.31. The minimum atomic E-state index is 0.103. The van der Waals surface area contributed by atoms with Gasteiger partial charge in [0.2, 0.25) is 11.9 Å². The summed E-state index contributed by atoms with van der Waals surface area (Å²) >= 11 is 0. The summed E-state index contributed by atoms with van der Waals surface area (Å²) < 4.78 is 0. The average Bonchev–Trinajstić information content (AvgIpc) is 2.93. The first kappa shape index (κ1) is 17.1. The summed E-state index contributed by atoms with van der Waals surface area (Å²) in [6.45, 7) is 8.84. The molecule has 0 radical (unpaired) electrons. The highest BCUT2D eigenvalue weighted by atomic mass is 16.2. The number of rotatable bonds is 5. The normalized spacial score (nSPS) is 28.1. The van der Waals surface area contributed by atoms with Gasteiger partial charge < -0.3 is 10.2 Å². The average molecular weight is 333 g/mol. The van der Waals surface area contributed by atoms with E-state index < -0.39 is 0 Å². The first-order chi connectivity index (χ1) is 11.6. The maximum absolute atomic E-state index is 12.2. The van der Waals surface area contributed by atoms with Crippen molar-refractivity contribution in [2.24, 2.45) is 5.92 Å². The summed E-state index contributed by atoms with van der Waals surface area (Å²) in [7, 11) is 0. The van der Waals surface area contributed by atoms with E-state index in [1.807, 2.05) is 6.07 Å². The zero-order valence-electron chi connectivity index (χ0n) is 14.4. The summed E-state index contributed by atoms with van der Waals surface area (Å²) in [5.41, 5.74) is 6.43. The van der Waals surface area contributed by atoms with Gasteiger partial charge in [-0.2, -0.15) is 0 Å². The molecule has 2 aliphatic heterocycles. The van der Waals surface area contributed by atoms with Crippen LogP contribution in [0.15, 0.2) is 18.5 Å². The Morgan fingerprint density at radius 3 is 2.42 bits per heavy atom. The Hall–Kier alpha value is -1.77. The number of aromatic nitrogens is 2. The Morgan fingerprint density at radius 1 is 1.17 bits per heavy atom. The summed E-state index contributed by atoms with van der Waals surface area (Å²) in [4.78, 5) is 25.1. The van der Waals surface area contributed by atoms with Crippen molar-refractivity contribution in [3.05, 3.63) is 18.5 Å². The van der Waals surface area contributed by atoms with Crippen LogP contribution in [0.3, 0.4) is 0 Å². The van der Waals surface area contributed by atoms with Crippen LogP contribution in [0, 0.1) is 5.92 Å². The van der Waals surface area contributed by atoms with Gasteiger partial charge in [-0.3, -0.25) is 20.5 Å². The van der Waals surface area contributed by atoms with Gasteiger partial charge in [0, 0.05) is 63.1 Å². The molecule has 3 rings (SSSR count). The van der Waals surface area contributed by atoms with Crippen LogP contribution in [0.1, 0.15) is 13.8 Å². The number of anilines is 1. The maximum Gasteiger partial charge on any atom is 0.234 e. The van der Waals surface area contributed by atoms with Crippen LogP contribution >= 0.6 is 0 Å². The zero-order chi connectivity index (χ0) is 16.9. The monoisotopic (exact) mass is 333 g/mol. The van der Waals surface area contributed by atoms with Gasteiger partial charge in [0.1, 0.15) is 0 Å². The van der Waals surface area contributed by atoms with Crippen LogP contribution < -0.4 is 21.1 Å². The van der Waals surface area contributed by atoms with E-state index in [2.05, 4.69) is 49.8 Å². The van der Waals surface area contributed by atoms with Crippen molar-refractivity contribution in [3.8, 4) is 0 Å². The van der Waals surface area contributed by atoms with E-state index in [0.717, 1.165) is 32.1 Å². The Kier molecular flexibility index (Phi) is 5.60. The summed E-state index contributed by atoms with van der Waals surface area (Å²) in [6.07, 6.45) is 3.52. The molecule has 2 saturated heterocycles. The predicted octanol–water partition coefficient (Wildman–Crippen LogP) is -0.784. The van der Waals surface area contributed by atoms with Gasteiger partial charge >= 0.3 is 0 Å². The second kappa shape index (κ2) is 7.87. The molecule has 132 valence electrons. The second-order valence-corrected chi connectivity index (χ2v) is 6.65. The van der Waals surface area contributed by atoms with Gasteiger partial charge in [-0.25, -0.2) is 9.97 Å². The van der Waals surface area contributed by atoms with Crippen molar-refractivity contribution < 1.29 is 4.79 Å². The quantitative estimate of drug-likeness (QED) is 0.651. The first-order valence-corrected chi connectivity index (χ1v) is 8.65. The number of piperazine rings is 1. The first-order valence-electron chi connectivity index (χ1n) is 8.65. The van der Waals surface area contributed by atoms with Crippen molar-refractivity contribution in [2.75, 3.05) is 44.2 Å². The molecule has 0 spiro atoms. The minimum Gasteiger partial charge on any atom is -0.355 e. The zero-order valence-corrected chi connectivity index (χ0v) is 14.4. The predicted molar refractivity (Wildman–Crippen MR) is 92.4 cm³/mol. The lowest BCUT2D eigenvalue weighted by Crippen LogP contribution is -2.50. The Balaban J connectivity index is 1.39. The largest absolute Gasteiger partial charge is 0.355 e. The Labute approximate surface area is 143 Å². The van der Waals surface area contributed by atoms with E-state index in [0.29, 0.717) is 31.1 Å². The third kappa shape index (κ3) is 4.19. The van der Waals surface area contributed by atoms with Crippen LogP contribution in [-0.2, 0) is 4.79 Å². The highest BCUT2D eigenvalue weighted by Gasteiger charge is 2.30. The maximum atomic E-state index is 12.2. The molecular weight excluding hydrogens is 306 g/mol. The molecule has 2 unspecified atom stereocenters. The molecule has 8 nitrogen and oxygen atoms in total. The fraction of sp³-hybridized carbons (Fsp3) is 0.688. The van der Waals surface area contributed by atoms with Crippen molar-refractivity contribution >= 4 is 11.9 Å². The molecular formula is C16H27N7O. The second-order valence-electron chi connectivity index (χ2n) is 6.65. The third-order valence-corrected chi connectivity index (χ3v) is 4.93. The third-order valence-electron chi connectivity index (χ3n) is 4.93. The summed E-state index contributed by atoms with van der Waals surface area (Å²) in [5.74, 6) is 1.29. The molecule has 1 aromatic rings. The Bertz CT molecular complexity index is 522. The van der Waals surface area contributed by atoms with Crippen LogP contribution in [0.5, 0.6) is 0 Å². The van der Waals surface area contributed by atoms with Gasteiger partial charge in [0.25, 0.3) is 0 Å². The van der Waals surface area contributed by atoms with Gasteiger partial charge in [-0.1, -0.05) is 0 Å². The van der Waals surface area contributed by atoms with Crippen molar-refractivity contribution in [3.63, 3.8) is 0 Å². The standard InChI is InChI=1S/C16H27N7O/c1-12-14(13(2)21-20-12)10-19-15(24)11-22-6-8-23(9-7-22)16-17-4-3-5-18-16/h3-5,12-14,20-21H,6-11H2,1-2H3,(H,19,24). The topological polar surface area (TPSA) is 85.4 Å². The molecule has 2 aliphatic rings. The van der Waals surface area contributed by atoms with Gasteiger partial charge in [-0.05, 0) is 19.9 Å². The number of carbonyl (C=O) groups is 1. The fourth-order valence-corrected chi connectivity index (χ4v) is 3.31. The van der Waals surface area contributed by atoms with Crippen molar-refractivity contribution in [2.45, 2.75) is 25.9 Å². The molecule has 24 heavy (non-hydrogen) atoms. The van der Waals surface area contributed by atoms with Gasteiger partial charge in [-0.15, -0.1) is 0 Å². The molecule has 2 fully saturated rings. The van der Waals surface area contributed by atoms with E-state index in [4.69, 9.17) is 0 Å². The highest BCUT2D eigenvalue weighted by molar-refractivity contribution is 5.78. The molecule has 3 heterocycles. The number of nitrogens with zero attached hydrogens (tertiary/aromatic N) is 4. The summed E-state index contributed by atoms with van der Waals surface area (Å²) in [5, 5.41) is 3.08. The van der Waals surface area contributed by atoms with Gasteiger partial charge in [0.15, 0.2) is 0 Å². The highest BCUT2D eigenvalue weighted by Crippen LogP contribution is 2.13. The minimum absolute atomic E-state index is 0.103. The lowest BCUT2D eigenvalue weighted by molar-refractivity contribution is -0.122. The number of amides is 1. The lowest BCUT2D eigenvalue weighted by atomic mass is 9.97. The molecule has 0 saturated carbocycles. The molecule has 8 heteroatoms. The van der Waals surface area contributed by atoms with Crippen LogP contribution in [0.25, 0.3) is 0 Å². The van der Waals surface area contributed by atoms with Crippen LogP contribution in [0.4, 0.5) is 5.95 Å². The van der Waals surface area contributed by atoms with E-state index in [9.17, 15) is 4.79 Å². The molecule has 1 amide bonds. The van der Waals surface area contributed by atoms with Crippen molar-refractivity contribution in [1.82, 2.24) is 31.0 Å². The van der Waals surface area contributed by atoms with Crippen molar-refractivity contribution in [1.29, 1.82) is 0 Å². The van der Waals surface area contributed by atoms with E-state index >= 15 is 0 Å². The van der Waals surface area contributed by atoms with Crippen LogP contribution in [-0.4, -0.2) is 72.1 Å². The SMILES string of the molecule is CC1NNC(C)C1CNC(=O)CN1CCN(c2ncccn2)CC1. The molecule has 0 bridgehead atoms. The van der Waals surface area contributed by atoms with E-state index in [1.165, 1.54) is 0 Å². The molecule has 2 atom stereocenters. The van der Waals surface area contributed by atoms with Gasteiger partial charge in [0.05, 0.1) is 6.54 Å². The lowest BCUT2D eigenvalue weighted by Gasteiger charge is -2.34. The number of nitrogens with one attached hydrogen (secondary N) is 3. The molecule has 0 aliphatic carbocycles. The molecule has 3 N–H and O–H groups in total. The van der Waals surface area contributed by atoms with E-state index in [-0.39, 0.29) is 5.91 Å². The summed E-state index contributed by atoms with van der Waals surface area (Å²) in [6, 6.07) is 2.56. The Morgan fingerprint density at radius 2 is 1.79 bits per heavy atom. The molecule has 1 aromatic heterocycles. The number of hydrogen-bond donors (Lipinski definition) is 3. The smallest absolute Gasteiger partial charge is 0.234 e. The number of hydrazine groups is 1. The number of hydrogen-bond acceptors (Lipinski definition) is 7. The molecule has 0 aromatic carbocycles. The number of carbonyl (C=O) groups excluding carboxylic acids is 1. The van der Waals surface area contributed by atoms with Crippen LogP contribution in [0.2, 0.25) is 0 Å². The van der Waals surface area contributed by atoms with E-state index in [1.54, 1.807) is 12.4 Å².